The van der Waals surface area contributed by atoms with Crippen molar-refractivity contribution >= 4 is 17.5 Å². The number of aliphatic hydroxyl groups excluding tert-OH is 1. The lowest BCUT2D eigenvalue weighted by Gasteiger charge is -2.20. The number of fused-ring (bicyclic) bond motifs is 1. The Morgan fingerprint density at radius 2 is 2.26 bits per heavy atom. The summed E-state index contributed by atoms with van der Waals surface area (Å²) < 4.78 is 10.3. The second kappa shape index (κ2) is 5.24. The number of carbonyl (C=O) groups is 1. The summed E-state index contributed by atoms with van der Waals surface area (Å²) >= 11 is 5.96. The highest BCUT2D eigenvalue weighted by Gasteiger charge is 2.23. The first-order chi connectivity index (χ1) is 8.93. The molecule has 0 radical (unpaired) electrons. The van der Waals surface area contributed by atoms with Gasteiger partial charge in [-0.15, -0.1) is 0 Å². The number of hydrogen-bond donors (Lipinski definition) is 3. The largest absolute Gasteiger partial charge is 0.454 e. The third-order valence-corrected chi connectivity index (χ3v) is 2.94. The fraction of sp³-hybridized carbons (Fsp3) is 0.417. The van der Waals surface area contributed by atoms with Crippen molar-refractivity contribution < 1.29 is 24.5 Å². The van der Waals surface area contributed by atoms with Gasteiger partial charge in [-0.1, -0.05) is 11.6 Å². The molecule has 19 heavy (non-hydrogen) atoms. The normalized spacial score (nSPS) is 16.0. The molecule has 3 N–H and O–H groups in total. The van der Waals surface area contributed by atoms with Crippen molar-refractivity contribution in [3.63, 3.8) is 0 Å². The summed E-state index contributed by atoms with van der Waals surface area (Å²) in [7, 11) is 0. The SMILES string of the molecule is CC(O)(CO)CNC(=O)c1cc(Cl)c2c(c1)OCO2. The van der Waals surface area contributed by atoms with Gasteiger partial charge in [-0.3, -0.25) is 4.79 Å². The monoisotopic (exact) mass is 287 g/mol. The zero-order chi connectivity index (χ0) is 14.0. The highest BCUT2D eigenvalue weighted by atomic mass is 35.5. The minimum absolute atomic E-state index is 0.0688. The summed E-state index contributed by atoms with van der Waals surface area (Å²) in [6, 6.07) is 2.97. The Bertz CT molecular complexity index is 503. The Balaban J connectivity index is 2.10. The van der Waals surface area contributed by atoms with Crippen LogP contribution < -0.4 is 14.8 Å². The van der Waals surface area contributed by atoms with Crippen LogP contribution in [0.2, 0.25) is 5.02 Å². The average Bonchev–Trinajstić information content (AvgIpc) is 2.85. The fourth-order valence-electron chi connectivity index (χ4n) is 1.53. The molecule has 1 unspecified atom stereocenters. The molecule has 1 aliphatic heterocycles. The lowest BCUT2D eigenvalue weighted by atomic mass is 10.1. The zero-order valence-electron chi connectivity index (χ0n) is 10.3. The van der Waals surface area contributed by atoms with Crippen molar-refractivity contribution in [2.24, 2.45) is 0 Å². The minimum atomic E-state index is -1.37. The van der Waals surface area contributed by atoms with Gasteiger partial charge in [-0.2, -0.15) is 0 Å². The van der Waals surface area contributed by atoms with Crippen LogP contribution >= 0.6 is 11.6 Å². The zero-order valence-corrected chi connectivity index (χ0v) is 11.0. The van der Waals surface area contributed by atoms with E-state index in [-0.39, 0.29) is 18.4 Å². The molecule has 0 bridgehead atoms. The quantitative estimate of drug-likeness (QED) is 0.752. The predicted molar refractivity (Wildman–Crippen MR) is 67.6 cm³/mol. The lowest BCUT2D eigenvalue weighted by Crippen LogP contribution is -2.43. The molecule has 104 valence electrons. The average molecular weight is 288 g/mol. The van der Waals surface area contributed by atoms with E-state index in [9.17, 15) is 9.90 Å². The number of hydrogen-bond acceptors (Lipinski definition) is 5. The van der Waals surface area contributed by atoms with E-state index < -0.39 is 18.1 Å². The Morgan fingerprint density at radius 1 is 1.53 bits per heavy atom. The molecule has 1 amide bonds. The Morgan fingerprint density at radius 3 is 2.95 bits per heavy atom. The van der Waals surface area contributed by atoms with Crippen LogP contribution in [0.25, 0.3) is 0 Å². The van der Waals surface area contributed by atoms with Crippen LogP contribution in [-0.4, -0.2) is 41.7 Å². The van der Waals surface area contributed by atoms with Crippen molar-refractivity contribution in [3.8, 4) is 11.5 Å². The van der Waals surface area contributed by atoms with Gasteiger partial charge in [0.2, 0.25) is 6.79 Å². The van der Waals surface area contributed by atoms with Crippen molar-refractivity contribution in [2.75, 3.05) is 19.9 Å². The summed E-state index contributed by atoms with van der Waals surface area (Å²) in [5, 5.41) is 21.3. The molecule has 1 aliphatic rings. The third-order valence-electron chi connectivity index (χ3n) is 2.66. The van der Waals surface area contributed by atoms with E-state index >= 15 is 0 Å². The van der Waals surface area contributed by atoms with Crippen molar-refractivity contribution in [1.82, 2.24) is 5.32 Å². The molecule has 7 heteroatoms. The van der Waals surface area contributed by atoms with Crippen LogP contribution in [0.1, 0.15) is 17.3 Å². The maximum absolute atomic E-state index is 11.9. The summed E-state index contributed by atoms with van der Waals surface area (Å²) in [5.41, 5.74) is -1.07. The number of halogens is 1. The van der Waals surface area contributed by atoms with Gasteiger partial charge in [0.25, 0.3) is 5.91 Å². The van der Waals surface area contributed by atoms with E-state index in [0.29, 0.717) is 17.1 Å². The van der Waals surface area contributed by atoms with Gasteiger partial charge in [0.15, 0.2) is 11.5 Å². The highest BCUT2D eigenvalue weighted by Crippen LogP contribution is 2.39. The van der Waals surface area contributed by atoms with Gasteiger partial charge in [0, 0.05) is 12.1 Å². The molecule has 6 nitrogen and oxygen atoms in total. The van der Waals surface area contributed by atoms with E-state index in [1.165, 1.54) is 19.1 Å². The Hall–Kier alpha value is -1.50. The summed E-state index contributed by atoms with van der Waals surface area (Å²) in [6.07, 6.45) is 0. The molecule has 1 aromatic carbocycles. The van der Waals surface area contributed by atoms with Crippen LogP contribution in [-0.2, 0) is 0 Å². The van der Waals surface area contributed by atoms with Gasteiger partial charge in [0.1, 0.15) is 5.60 Å². The maximum atomic E-state index is 11.9. The van der Waals surface area contributed by atoms with Crippen molar-refractivity contribution in [2.45, 2.75) is 12.5 Å². The minimum Gasteiger partial charge on any atom is -0.454 e. The van der Waals surface area contributed by atoms with Crippen LogP contribution in [0.15, 0.2) is 12.1 Å². The van der Waals surface area contributed by atoms with Crippen LogP contribution in [0.4, 0.5) is 0 Å². The van der Waals surface area contributed by atoms with E-state index in [2.05, 4.69) is 5.32 Å². The molecule has 0 aliphatic carbocycles. The second-order valence-electron chi connectivity index (χ2n) is 4.53. The fourth-order valence-corrected chi connectivity index (χ4v) is 1.79. The molecule has 1 heterocycles. The van der Waals surface area contributed by atoms with Gasteiger partial charge in [-0.25, -0.2) is 0 Å². The smallest absolute Gasteiger partial charge is 0.251 e. The Kier molecular flexibility index (Phi) is 3.84. The summed E-state index contributed by atoms with van der Waals surface area (Å²) in [4.78, 5) is 11.9. The molecular weight excluding hydrogens is 274 g/mol. The molecule has 0 saturated heterocycles. The third kappa shape index (κ3) is 3.09. The summed E-state index contributed by atoms with van der Waals surface area (Å²) in [5.74, 6) is 0.404. The lowest BCUT2D eigenvalue weighted by molar-refractivity contribution is 0.00320. The first-order valence-corrected chi connectivity index (χ1v) is 6.01. The van der Waals surface area contributed by atoms with E-state index in [1.54, 1.807) is 0 Å². The summed E-state index contributed by atoms with van der Waals surface area (Å²) in [6.45, 7) is 0.961. The molecule has 0 spiro atoms. The number of rotatable bonds is 4. The van der Waals surface area contributed by atoms with Gasteiger partial charge in [-0.05, 0) is 19.1 Å². The highest BCUT2D eigenvalue weighted by molar-refractivity contribution is 6.32. The number of carbonyl (C=O) groups excluding carboxylic acids is 1. The van der Waals surface area contributed by atoms with Crippen molar-refractivity contribution in [3.05, 3.63) is 22.7 Å². The van der Waals surface area contributed by atoms with E-state index in [4.69, 9.17) is 26.2 Å². The molecule has 2 rings (SSSR count). The van der Waals surface area contributed by atoms with Crippen LogP contribution in [0.5, 0.6) is 11.5 Å². The molecular formula is C12H14ClNO5. The Labute approximate surface area is 114 Å². The van der Waals surface area contributed by atoms with E-state index in [1.807, 2.05) is 0 Å². The molecule has 0 saturated carbocycles. The van der Waals surface area contributed by atoms with Crippen LogP contribution in [0, 0.1) is 0 Å². The number of ether oxygens (including phenoxy) is 2. The molecule has 0 fully saturated rings. The number of benzene rings is 1. The first-order valence-electron chi connectivity index (χ1n) is 5.63. The van der Waals surface area contributed by atoms with Crippen LogP contribution in [0.3, 0.4) is 0 Å². The number of nitrogens with one attached hydrogen (secondary N) is 1. The first kappa shape index (κ1) is 13.9. The van der Waals surface area contributed by atoms with Gasteiger partial charge >= 0.3 is 0 Å². The van der Waals surface area contributed by atoms with Crippen molar-refractivity contribution in [1.29, 1.82) is 0 Å². The standard InChI is InChI=1S/C12H14ClNO5/c1-12(17,5-15)4-14-11(16)7-2-8(13)10-9(3-7)18-6-19-10/h2-3,15,17H,4-6H2,1H3,(H,14,16). The topological polar surface area (TPSA) is 88.0 Å². The second-order valence-corrected chi connectivity index (χ2v) is 4.94. The van der Waals surface area contributed by atoms with Gasteiger partial charge < -0.3 is 25.0 Å². The predicted octanol–water partition coefficient (Wildman–Crippen LogP) is 0.542. The van der Waals surface area contributed by atoms with E-state index in [0.717, 1.165) is 0 Å². The number of aliphatic hydroxyl groups is 2. The molecule has 1 aromatic rings. The number of amides is 1. The van der Waals surface area contributed by atoms with Gasteiger partial charge in [0.05, 0.1) is 11.6 Å². The molecule has 1 atom stereocenters. The molecule has 0 aromatic heterocycles. The maximum Gasteiger partial charge on any atom is 0.251 e.